The number of hydrogen-bond donors (Lipinski definition) is 1. The Hall–Kier alpha value is -3.55. The number of amides is 2. The molecule has 1 fully saturated rings. The van der Waals surface area contributed by atoms with Crippen molar-refractivity contribution in [3.05, 3.63) is 53.6 Å². The Morgan fingerprint density at radius 1 is 1.17 bits per heavy atom. The molecule has 2 aromatic rings. The predicted octanol–water partition coefficient (Wildman–Crippen LogP) is 2.40. The number of esters is 1. The van der Waals surface area contributed by atoms with Crippen molar-refractivity contribution in [2.75, 3.05) is 18.2 Å². The Balaban J connectivity index is 1.36. The van der Waals surface area contributed by atoms with Crippen LogP contribution in [0.4, 0.5) is 5.69 Å². The molecule has 2 aromatic carbocycles. The molecular formula is C22H22N2O6. The summed E-state index contributed by atoms with van der Waals surface area (Å²) in [5.74, 6) is 0.216. The Kier molecular flexibility index (Phi) is 5.56. The van der Waals surface area contributed by atoms with E-state index in [-0.39, 0.29) is 24.8 Å². The zero-order valence-corrected chi connectivity index (χ0v) is 16.6. The fraction of sp³-hybridized carbons (Fsp3) is 0.318. The van der Waals surface area contributed by atoms with Crippen LogP contribution in [-0.4, -0.2) is 37.2 Å². The largest absolute Gasteiger partial charge is 0.454 e. The van der Waals surface area contributed by atoms with Crippen molar-refractivity contribution in [2.45, 2.75) is 32.4 Å². The van der Waals surface area contributed by atoms with Crippen LogP contribution in [0.1, 0.15) is 35.7 Å². The minimum Gasteiger partial charge on any atom is -0.454 e. The van der Waals surface area contributed by atoms with Gasteiger partial charge in [0.2, 0.25) is 12.7 Å². The van der Waals surface area contributed by atoms with Gasteiger partial charge in [0.1, 0.15) is 0 Å². The molecule has 2 amide bonds. The van der Waals surface area contributed by atoms with Gasteiger partial charge < -0.3 is 24.4 Å². The van der Waals surface area contributed by atoms with Crippen molar-refractivity contribution in [3.8, 4) is 11.5 Å². The van der Waals surface area contributed by atoms with E-state index < -0.39 is 18.0 Å². The third-order valence-corrected chi connectivity index (χ3v) is 5.04. The van der Waals surface area contributed by atoms with Crippen molar-refractivity contribution in [1.29, 1.82) is 0 Å². The van der Waals surface area contributed by atoms with Gasteiger partial charge in [-0.05, 0) is 43.2 Å². The van der Waals surface area contributed by atoms with Gasteiger partial charge in [-0.1, -0.05) is 18.2 Å². The molecule has 8 heteroatoms. The molecule has 0 aromatic heterocycles. The average Bonchev–Trinajstić information content (AvgIpc) is 3.40. The van der Waals surface area contributed by atoms with Crippen molar-refractivity contribution in [1.82, 2.24) is 5.32 Å². The Labute approximate surface area is 173 Å². The van der Waals surface area contributed by atoms with E-state index in [9.17, 15) is 14.4 Å². The number of para-hydroxylation sites is 1. The minimum absolute atomic E-state index is 0.0234. The summed E-state index contributed by atoms with van der Waals surface area (Å²) in [6.07, 6.45) is 0.219. The molecule has 8 nitrogen and oxygen atoms in total. The van der Waals surface area contributed by atoms with E-state index in [0.717, 1.165) is 12.0 Å². The topological polar surface area (TPSA) is 94.2 Å². The second-order valence-corrected chi connectivity index (χ2v) is 7.12. The van der Waals surface area contributed by atoms with E-state index in [4.69, 9.17) is 14.2 Å². The molecule has 0 unspecified atom stereocenters. The summed E-state index contributed by atoms with van der Waals surface area (Å²) >= 11 is 0. The third kappa shape index (κ3) is 4.07. The lowest BCUT2D eigenvalue weighted by Crippen LogP contribution is -2.36. The standard InChI is InChI=1S/C22H22N2O6/c1-14(21(26)23-12-15-8-9-18-19(11-15)29-13-28-18)30-22(27)16-5-2-3-6-17(16)24-10-4-7-20(24)25/h2-3,5-6,8-9,11,14H,4,7,10,12-13H2,1H3,(H,23,26)/t14-/m0/s1. The van der Waals surface area contributed by atoms with Crippen LogP contribution in [-0.2, 0) is 20.9 Å². The highest BCUT2D eigenvalue weighted by Gasteiger charge is 2.27. The molecule has 0 spiro atoms. The molecule has 30 heavy (non-hydrogen) atoms. The summed E-state index contributed by atoms with van der Waals surface area (Å²) in [7, 11) is 0. The number of carbonyl (C=O) groups is 3. The number of carbonyl (C=O) groups excluding carboxylic acids is 3. The van der Waals surface area contributed by atoms with Gasteiger partial charge in [0.05, 0.1) is 11.3 Å². The lowest BCUT2D eigenvalue weighted by molar-refractivity contribution is -0.129. The highest BCUT2D eigenvalue weighted by molar-refractivity contribution is 6.04. The first kappa shape index (κ1) is 19.8. The quantitative estimate of drug-likeness (QED) is 0.735. The Morgan fingerprint density at radius 3 is 2.77 bits per heavy atom. The first-order valence-corrected chi connectivity index (χ1v) is 9.79. The van der Waals surface area contributed by atoms with Gasteiger partial charge in [0, 0.05) is 19.5 Å². The number of fused-ring (bicyclic) bond motifs is 1. The Morgan fingerprint density at radius 2 is 1.97 bits per heavy atom. The molecule has 0 radical (unpaired) electrons. The fourth-order valence-corrected chi connectivity index (χ4v) is 3.45. The maximum atomic E-state index is 12.7. The van der Waals surface area contributed by atoms with Gasteiger partial charge in [-0.3, -0.25) is 9.59 Å². The molecule has 2 aliphatic heterocycles. The first-order valence-electron chi connectivity index (χ1n) is 9.79. The normalized spacial score (nSPS) is 15.8. The molecule has 2 heterocycles. The number of anilines is 1. The van der Waals surface area contributed by atoms with Crippen LogP contribution in [0.25, 0.3) is 0 Å². The predicted molar refractivity (Wildman–Crippen MR) is 107 cm³/mol. The average molecular weight is 410 g/mol. The lowest BCUT2D eigenvalue weighted by Gasteiger charge is -2.20. The maximum Gasteiger partial charge on any atom is 0.341 e. The van der Waals surface area contributed by atoms with Gasteiger partial charge in [0.25, 0.3) is 5.91 Å². The van der Waals surface area contributed by atoms with Crippen molar-refractivity contribution in [3.63, 3.8) is 0 Å². The van der Waals surface area contributed by atoms with Gasteiger partial charge in [-0.15, -0.1) is 0 Å². The summed E-state index contributed by atoms with van der Waals surface area (Å²) < 4.78 is 16.0. The molecule has 0 saturated carbocycles. The van der Waals surface area contributed by atoms with E-state index in [1.165, 1.54) is 6.92 Å². The smallest absolute Gasteiger partial charge is 0.341 e. The summed E-state index contributed by atoms with van der Waals surface area (Å²) in [6.45, 7) is 2.52. The number of benzene rings is 2. The molecule has 0 aliphatic carbocycles. The number of nitrogens with one attached hydrogen (secondary N) is 1. The molecule has 1 atom stereocenters. The van der Waals surface area contributed by atoms with Crippen LogP contribution < -0.4 is 19.7 Å². The van der Waals surface area contributed by atoms with E-state index >= 15 is 0 Å². The van der Waals surface area contributed by atoms with E-state index in [1.807, 2.05) is 6.07 Å². The SMILES string of the molecule is C[C@H](OC(=O)c1ccccc1N1CCCC1=O)C(=O)NCc1ccc2c(c1)OCO2. The van der Waals surface area contributed by atoms with Gasteiger partial charge >= 0.3 is 5.97 Å². The summed E-state index contributed by atoms with van der Waals surface area (Å²) in [6, 6.07) is 12.2. The lowest BCUT2D eigenvalue weighted by atomic mass is 10.1. The molecular weight excluding hydrogens is 388 g/mol. The van der Waals surface area contributed by atoms with Gasteiger partial charge in [-0.2, -0.15) is 0 Å². The van der Waals surface area contributed by atoms with Crippen LogP contribution >= 0.6 is 0 Å². The van der Waals surface area contributed by atoms with Gasteiger partial charge in [0.15, 0.2) is 17.6 Å². The van der Waals surface area contributed by atoms with Gasteiger partial charge in [-0.25, -0.2) is 4.79 Å². The van der Waals surface area contributed by atoms with Crippen molar-refractivity contribution >= 4 is 23.5 Å². The zero-order valence-electron chi connectivity index (χ0n) is 16.6. The monoisotopic (exact) mass is 410 g/mol. The summed E-state index contributed by atoms with van der Waals surface area (Å²) in [5.41, 5.74) is 1.62. The third-order valence-electron chi connectivity index (χ3n) is 5.04. The zero-order chi connectivity index (χ0) is 21.1. The number of hydrogen-bond acceptors (Lipinski definition) is 6. The van der Waals surface area contributed by atoms with E-state index in [1.54, 1.807) is 41.3 Å². The molecule has 1 saturated heterocycles. The highest BCUT2D eigenvalue weighted by Crippen LogP contribution is 2.32. The van der Waals surface area contributed by atoms with Crippen LogP contribution in [0.5, 0.6) is 11.5 Å². The highest BCUT2D eigenvalue weighted by atomic mass is 16.7. The minimum atomic E-state index is -0.992. The van der Waals surface area contributed by atoms with Crippen LogP contribution in [0.3, 0.4) is 0 Å². The van der Waals surface area contributed by atoms with Crippen LogP contribution in [0, 0.1) is 0 Å². The molecule has 1 N–H and O–H groups in total. The number of rotatable bonds is 6. The molecule has 2 aliphatic rings. The fourth-order valence-electron chi connectivity index (χ4n) is 3.45. The summed E-state index contributed by atoms with van der Waals surface area (Å²) in [5, 5.41) is 2.75. The number of nitrogens with zero attached hydrogens (tertiary/aromatic N) is 1. The molecule has 4 rings (SSSR count). The number of ether oxygens (including phenoxy) is 3. The van der Waals surface area contributed by atoms with E-state index in [2.05, 4.69) is 5.32 Å². The second kappa shape index (κ2) is 8.44. The Bertz CT molecular complexity index is 989. The second-order valence-electron chi connectivity index (χ2n) is 7.12. The van der Waals surface area contributed by atoms with Crippen molar-refractivity contribution in [2.24, 2.45) is 0 Å². The maximum absolute atomic E-state index is 12.7. The van der Waals surface area contributed by atoms with E-state index in [0.29, 0.717) is 30.2 Å². The first-order chi connectivity index (χ1) is 14.5. The van der Waals surface area contributed by atoms with Crippen molar-refractivity contribution < 1.29 is 28.6 Å². The molecule has 156 valence electrons. The molecule has 0 bridgehead atoms. The van der Waals surface area contributed by atoms with Crippen LogP contribution in [0.2, 0.25) is 0 Å². The van der Waals surface area contributed by atoms with Crippen LogP contribution in [0.15, 0.2) is 42.5 Å². The summed E-state index contributed by atoms with van der Waals surface area (Å²) in [4.78, 5) is 38.7.